The molecule has 0 saturated heterocycles. The third kappa shape index (κ3) is 3.43. The molecule has 6 heteroatoms. The number of halogens is 1. The average Bonchev–Trinajstić information content (AvgIpc) is 2.98. The molecule has 0 fully saturated rings. The molecule has 0 radical (unpaired) electrons. The average molecular weight is 360 g/mol. The van der Waals surface area contributed by atoms with Gasteiger partial charge in [-0.25, -0.2) is 5.43 Å². The summed E-state index contributed by atoms with van der Waals surface area (Å²) < 4.78 is 11.3. The molecule has 0 aromatic heterocycles. The van der Waals surface area contributed by atoms with Crippen LogP contribution in [0.1, 0.15) is 22.7 Å². The van der Waals surface area contributed by atoms with E-state index >= 15 is 0 Å². The highest BCUT2D eigenvalue weighted by Crippen LogP contribution is 2.31. The lowest BCUT2D eigenvalue weighted by Gasteiger charge is -2.21. The number of hydrazine groups is 1. The number of methoxy groups -OCH3 is 1. The van der Waals surface area contributed by atoms with E-state index in [1.165, 1.54) is 11.1 Å². The molecule has 25 heavy (non-hydrogen) atoms. The zero-order valence-corrected chi connectivity index (χ0v) is 15.1. The molecule has 0 bridgehead atoms. The van der Waals surface area contributed by atoms with Gasteiger partial charge in [-0.15, -0.1) is 0 Å². The van der Waals surface area contributed by atoms with Crippen molar-refractivity contribution in [1.29, 1.82) is 0 Å². The van der Waals surface area contributed by atoms with Gasteiger partial charge in [-0.05, 0) is 36.2 Å². The van der Waals surface area contributed by atoms with Crippen LogP contribution in [0.3, 0.4) is 0 Å². The van der Waals surface area contributed by atoms with E-state index in [0.29, 0.717) is 6.61 Å². The summed E-state index contributed by atoms with van der Waals surface area (Å²) in [6, 6.07) is 14.7. The first-order valence-electron chi connectivity index (χ1n) is 8.23. The smallest absolute Gasteiger partial charge is 0.292 e. The predicted octanol–water partition coefficient (Wildman–Crippen LogP) is -1.90. The number of benzene rings is 2. The standard InChI is InChI=1S/C19H21N3O2.ClH/c1-12-9-14(23-2)7-8-16(12)21-22-18-11-24-17-10-13-5-3-4-6-15(13)19(17)20-18;/h3-9,17,19,21H,10-11H2,1-2H3,(H,20,22);1H/t17-,19+;/m0./s1. The Balaban J connectivity index is 0.00000182. The summed E-state index contributed by atoms with van der Waals surface area (Å²) in [4.78, 5) is 3.58. The van der Waals surface area contributed by atoms with Gasteiger partial charge in [0.05, 0.1) is 12.8 Å². The molecule has 2 aromatic carbocycles. The molecular weight excluding hydrogens is 338 g/mol. The largest absolute Gasteiger partial charge is 1.00 e. The number of hydrogen-bond donors (Lipinski definition) is 3. The zero-order valence-electron chi connectivity index (χ0n) is 14.3. The Labute approximate surface area is 153 Å². The van der Waals surface area contributed by atoms with Crippen LogP contribution in [0.5, 0.6) is 5.75 Å². The van der Waals surface area contributed by atoms with Gasteiger partial charge in [0.25, 0.3) is 5.84 Å². The fourth-order valence-electron chi connectivity index (χ4n) is 3.42. The minimum atomic E-state index is 0. The maximum atomic E-state index is 6.03. The van der Waals surface area contributed by atoms with Crippen molar-refractivity contribution in [1.82, 2.24) is 5.43 Å². The second kappa shape index (κ2) is 7.33. The van der Waals surface area contributed by atoms with E-state index in [2.05, 4.69) is 40.1 Å². The molecule has 2 atom stereocenters. The Morgan fingerprint density at radius 2 is 2.00 bits per heavy atom. The van der Waals surface area contributed by atoms with Crippen molar-refractivity contribution in [3.63, 3.8) is 0 Å². The zero-order chi connectivity index (χ0) is 16.5. The van der Waals surface area contributed by atoms with Crippen LogP contribution in [0, 0.1) is 6.92 Å². The van der Waals surface area contributed by atoms with Crippen molar-refractivity contribution < 1.29 is 26.9 Å². The Morgan fingerprint density at radius 1 is 1.16 bits per heavy atom. The van der Waals surface area contributed by atoms with Crippen LogP contribution in [0.2, 0.25) is 0 Å². The maximum Gasteiger partial charge on any atom is 0.292 e. The third-order valence-electron chi connectivity index (χ3n) is 4.74. The molecule has 1 heterocycles. The number of rotatable bonds is 3. The van der Waals surface area contributed by atoms with E-state index in [4.69, 9.17) is 9.47 Å². The molecule has 1 aliphatic heterocycles. The van der Waals surface area contributed by atoms with Crippen LogP contribution in [0.4, 0.5) is 5.69 Å². The van der Waals surface area contributed by atoms with E-state index < -0.39 is 0 Å². The van der Waals surface area contributed by atoms with Crippen LogP contribution < -0.4 is 33.0 Å². The van der Waals surface area contributed by atoms with Gasteiger partial charge in [0, 0.05) is 12.0 Å². The molecule has 2 aromatic rings. The first-order valence-corrected chi connectivity index (χ1v) is 8.23. The minimum absolute atomic E-state index is 0. The lowest BCUT2D eigenvalue weighted by molar-refractivity contribution is -0.536. The molecule has 0 spiro atoms. The molecule has 0 saturated carbocycles. The van der Waals surface area contributed by atoms with E-state index in [0.717, 1.165) is 29.3 Å². The van der Waals surface area contributed by atoms with Gasteiger partial charge in [-0.3, -0.25) is 4.99 Å². The monoisotopic (exact) mass is 359 g/mol. The molecule has 3 N–H and O–H groups in total. The lowest BCUT2D eigenvalue weighted by Crippen LogP contribution is -3.00. The molecule has 132 valence electrons. The van der Waals surface area contributed by atoms with Gasteiger partial charge in [-0.1, -0.05) is 24.3 Å². The summed E-state index contributed by atoms with van der Waals surface area (Å²) >= 11 is 0. The quantitative estimate of drug-likeness (QED) is 0.560. The first-order chi connectivity index (χ1) is 11.7. The SMILES string of the molecule is COc1ccc(NNC2=[NH+][C@@H]3c4ccccc4C[C@@H]3OC2)c(C)c1.[Cl-]. The van der Waals surface area contributed by atoms with Gasteiger partial charge < -0.3 is 21.9 Å². The van der Waals surface area contributed by atoms with E-state index in [1.54, 1.807) is 7.11 Å². The van der Waals surface area contributed by atoms with Crippen molar-refractivity contribution in [2.24, 2.45) is 0 Å². The molecule has 4 rings (SSSR count). The molecule has 0 unspecified atom stereocenters. The number of anilines is 1. The molecule has 2 aliphatic rings. The normalized spacial score (nSPS) is 20.6. The summed E-state index contributed by atoms with van der Waals surface area (Å²) in [5.74, 6) is 1.80. The number of hydrogen-bond acceptors (Lipinski definition) is 4. The number of fused-ring (bicyclic) bond motifs is 3. The predicted molar refractivity (Wildman–Crippen MR) is 93.1 cm³/mol. The van der Waals surface area contributed by atoms with Gasteiger partial charge in [0.1, 0.15) is 24.5 Å². The number of ether oxygens (including phenoxy) is 2. The molecule has 1 aliphatic carbocycles. The molecule has 5 nitrogen and oxygen atoms in total. The highest BCUT2D eigenvalue weighted by atomic mass is 35.5. The summed E-state index contributed by atoms with van der Waals surface area (Å²) in [7, 11) is 1.68. The highest BCUT2D eigenvalue weighted by molar-refractivity contribution is 5.79. The second-order valence-electron chi connectivity index (χ2n) is 6.28. The highest BCUT2D eigenvalue weighted by Gasteiger charge is 2.38. The van der Waals surface area contributed by atoms with Crippen molar-refractivity contribution in [2.75, 3.05) is 19.1 Å². The van der Waals surface area contributed by atoms with Crippen LogP contribution >= 0.6 is 0 Å². The minimum Gasteiger partial charge on any atom is -1.00 e. The maximum absolute atomic E-state index is 6.03. The topological polar surface area (TPSA) is 56.5 Å². The summed E-state index contributed by atoms with van der Waals surface area (Å²) in [6.45, 7) is 2.60. The fraction of sp³-hybridized carbons (Fsp3) is 0.316. The van der Waals surface area contributed by atoms with Crippen molar-refractivity contribution >= 4 is 11.5 Å². The van der Waals surface area contributed by atoms with Crippen molar-refractivity contribution in [3.8, 4) is 5.75 Å². The molecule has 0 amide bonds. The van der Waals surface area contributed by atoms with Crippen LogP contribution in [0.15, 0.2) is 42.5 Å². The van der Waals surface area contributed by atoms with E-state index in [1.807, 2.05) is 25.1 Å². The summed E-state index contributed by atoms with van der Waals surface area (Å²) in [6.07, 6.45) is 1.20. The Bertz CT molecular complexity index is 794. The van der Waals surface area contributed by atoms with Gasteiger partial charge in [0.2, 0.25) is 0 Å². The lowest BCUT2D eigenvalue weighted by atomic mass is 10.1. The number of nitrogens with one attached hydrogen (secondary N) is 3. The van der Waals surface area contributed by atoms with Gasteiger partial charge >= 0.3 is 0 Å². The summed E-state index contributed by atoms with van der Waals surface area (Å²) in [5.41, 5.74) is 11.3. The number of amidine groups is 1. The Kier molecular flexibility index (Phi) is 5.16. The summed E-state index contributed by atoms with van der Waals surface area (Å²) in [5, 5.41) is 0. The Hall–Kier alpha value is -2.24. The van der Waals surface area contributed by atoms with Crippen molar-refractivity contribution in [2.45, 2.75) is 25.5 Å². The molecular formula is C19H22ClN3O2. The van der Waals surface area contributed by atoms with E-state index in [9.17, 15) is 0 Å². The Morgan fingerprint density at radius 3 is 2.80 bits per heavy atom. The van der Waals surface area contributed by atoms with E-state index in [-0.39, 0.29) is 24.6 Å². The van der Waals surface area contributed by atoms with Crippen LogP contribution in [0.25, 0.3) is 0 Å². The number of aryl methyl sites for hydroxylation is 1. The third-order valence-corrected chi connectivity index (χ3v) is 4.74. The van der Waals surface area contributed by atoms with Crippen LogP contribution in [-0.4, -0.2) is 25.7 Å². The van der Waals surface area contributed by atoms with Crippen LogP contribution in [-0.2, 0) is 11.2 Å². The fourth-order valence-corrected chi connectivity index (χ4v) is 3.42. The van der Waals surface area contributed by atoms with Crippen molar-refractivity contribution in [3.05, 3.63) is 59.2 Å². The van der Waals surface area contributed by atoms with Gasteiger partial charge in [0.15, 0.2) is 0 Å². The second-order valence-corrected chi connectivity index (χ2v) is 6.28. The first kappa shape index (κ1) is 17.6. The van der Waals surface area contributed by atoms with Gasteiger partial charge in [-0.2, -0.15) is 5.43 Å².